The number of aromatic nitrogens is 2. The second-order valence-corrected chi connectivity index (χ2v) is 6.55. The summed E-state index contributed by atoms with van der Waals surface area (Å²) >= 11 is 1.81. The Hall–Kier alpha value is -1.66. The second kappa shape index (κ2) is 6.41. The molecule has 0 bridgehead atoms. The Morgan fingerprint density at radius 1 is 1.48 bits per heavy atom. The van der Waals surface area contributed by atoms with Crippen molar-refractivity contribution in [1.29, 1.82) is 0 Å². The molecule has 3 rings (SSSR count). The first kappa shape index (κ1) is 14.3. The summed E-state index contributed by atoms with van der Waals surface area (Å²) in [6.07, 6.45) is 2.19. The fraction of sp³-hybridized carbons (Fsp3) is 0.467. The summed E-state index contributed by atoms with van der Waals surface area (Å²) in [6.45, 7) is 3.18. The summed E-state index contributed by atoms with van der Waals surface area (Å²) in [4.78, 5) is 14.6. The van der Waals surface area contributed by atoms with Crippen LogP contribution in [0.15, 0.2) is 23.6 Å². The highest BCUT2D eigenvalue weighted by Gasteiger charge is 2.23. The standard InChI is InChI=1S/C15H19N3O2S/c19-15(20)9-12-8-14(17-16-12)11-3-5-18(6-4-11)10-13-2-1-7-21-13/h1-2,7-8,11H,3-6,9-10H2,(H,16,17)(H,19,20). The number of carboxylic acids is 1. The molecule has 2 aromatic rings. The van der Waals surface area contributed by atoms with Gasteiger partial charge < -0.3 is 5.11 Å². The van der Waals surface area contributed by atoms with Gasteiger partial charge in [0.05, 0.1) is 12.1 Å². The largest absolute Gasteiger partial charge is 0.481 e. The van der Waals surface area contributed by atoms with Crippen molar-refractivity contribution in [3.8, 4) is 0 Å². The van der Waals surface area contributed by atoms with Crippen molar-refractivity contribution in [3.63, 3.8) is 0 Å². The van der Waals surface area contributed by atoms with Crippen molar-refractivity contribution < 1.29 is 9.90 Å². The number of rotatable bonds is 5. The molecule has 21 heavy (non-hydrogen) atoms. The van der Waals surface area contributed by atoms with Crippen LogP contribution in [0.2, 0.25) is 0 Å². The molecule has 0 aromatic carbocycles. The maximum Gasteiger partial charge on any atom is 0.309 e. The topological polar surface area (TPSA) is 69.2 Å². The Morgan fingerprint density at radius 2 is 2.29 bits per heavy atom. The molecule has 0 amide bonds. The lowest BCUT2D eigenvalue weighted by Crippen LogP contribution is -2.32. The molecule has 112 valence electrons. The Bertz CT molecular complexity index is 586. The molecule has 0 spiro atoms. The van der Waals surface area contributed by atoms with Crippen LogP contribution < -0.4 is 0 Å². The summed E-state index contributed by atoms with van der Waals surface area (Å²) < 4.78 is 0. The summed E-state index contributed by atoms with van der Waals surface area (Å²) in [6, 6.07) is 6.19. The van der Waals surface area contributed by atoms with E-state index in [0.29, 0.717) is 11.6 Å². The number of H-pyrrole nitrogens is 1. The molecule has 2 aromatic heterocycles. The molecule has 1 fully saturated rings. The third-order valence-electron chi connectivity index (χ3n) is 3.96. The van der Waals surface area contributed by atoms with Gasteiger partial charge in [-0.3, -0.25) is 14.8 Å². The van der Waals surface area contributed by atoms with Crippen molar-refractivity contribution in [3.05, 3.63) is 39.8 Å². The van der Waals surface area contributed by atoms with Crippen LogP contribution in [0, 0.1) is 0 Å². The predicted octanol–water partition coefficient (Wildman–Crippen LogP) is 2.48. The van der Waals surface area contributed by atoms with Crippen LogP contribution in [0.4, 0.5) is 0 Å². The van der Waals surface area contributed by atoms with Crippen molar-refractivity contribution in [2.24, 2.45) is 0 Å². The average Bonchev–Trinajstić information content (AvgIpc) is 3.11. The van der Waals surface area contributed by atoms with Crippen LogP contribution in [0.3, 0.4) is 0 Å². The maximum atomic E-state index is 10.7. The molecule has 0 saturated carbocycles. The van der Waals surface area contributed by atoms with E-state index in [1.165, 1.54) is 4.88 Å². The molecule has 1 aliphatic heterocycles. The lowest BCUT2D eigenvalue weighted by molar-refractivity contribution is -0.136. The van der Waals surface area contributed by atoms with E-state index < -0.39 is 5.97 Å². The Balaban J connectivity index is 1.53. The second-order valence-electron chi connectivity index (χ2n) is 5.52. The number of carboxylic acid groups (broad SMARTS) is 1. The molecular formula is C15H19N3O2S. The van der Waals surface area contributed by atoms with Crippen LogP contribution in [0.1, 0.15) is 35.0 Å². The van der Waals surface area contributed by atoms with Gasteiger partial charge in [0.2, 0.25) is 0 Å². The molecule has 3 heterocycles. The zero-order chi connectivity index (χ0) is 14.7. The number of hydrogen-bond acceptors (Lipinski definition) is 4. The Morgan fingerprint density at radius 3 is 2.95 bits per heavy atom. The first-order valence-electron chi connectivity index (χ1n) is 7.21. The van der Waals surface area contributed by atoms with Gasteiger partial charge in [-0.05, 0) is 43.4 Å². The van der Waals surface area contributed by atoms with Gasteiger partial charge in [0.15, 0.2) is 0 Å². The van der Waals surface area contributed by atoms with Crippen molar-refractivity contribution >= 4 is 17.3 Å². The number of piperidine rings is 1. The predicted molar refractivity (Wildman–Crippen MR) is 81.5 cm³/mol. The van der Waals surface area contributed by atoms with Gasteiger partial charge in [-0.15, -0.1) is 11.3 Å². The quantitative estimate of drug-likeness (QED) is 0.890. The van der Waals surface area contributed by atoms with E-state index >= 15 is 0 Å². The van der Waals surface area contributed by atoms with Gasteiger partial charge in [-0.1, -0.05) is 6.07 Å². The lowest BCUT2D eigenvalue weighted by Gasteiger charge is -2.30. The van der Waals surface area contributed by atoms with Gasteiger partial charge in [0.1, 0.15) is 0 Å². The molecule has 0 unspecified atom stereocenters. The molecule has 0 aliphatic carbocycles. The monoisotopic (exact) mass is 305 g/mol. The fourth-order valence-corrected chi connectivity index (χ4v) is 3.60. The van der Waals surface area contributed by atoms with Crippen LogP contribution in [-0.2, 0) is 17.8 Å². The lowest BCUT2D eigenvalue weighted by atomic mass is 9.93. The number of hydrogen-bond donors (Lipinski definition) is 2. The van der Waals surface area contributed by atoms with E-state index in [2.05, 4.69) is 32.6 Å². The van der Waals surface area contributed by atoms with E-state index in [4.69, 9.17) is 5.11 Å². The minimum atomic E-state index is -0.823. The highest BCUT2D eigenvalue weighted by Crippen LogP contribution is 2.28. The van der Waals surface area contributed by atoms with Crippen LogP contribution in [-0.4, -0.2) is 39.3 Å². The SMILES string of the molecule is O=C(O)Cc1cc(C2CCN(Cc3cccs3)CC2)n[nH]1. The van der Waals surface area contributed by atoms with Crippen molar-refractivity contribution in [2.75, 3.05) is 13.1 Å². The number of aromatic amines is 1. The summed E-state index contributed by atoms with van der Waals surface area (Å²) in [5, 5.41) is 18.0. The summed E-state index contributed by atoms with van der Waals surface area (Å²) in [5.74, 6) is -0.376. The molecule has 0 radical (unpaired) electrons. The van der Waals surface area contributed by atoms with E-state index in [1.807, 2.05) is 17.4 Å². The molecule has 5 nitrogen and oxygen atoms in total. The molecule has 1 saturated heterocycles. The third-order valence-corrected chi connectivity index (χ3v) is 4.82. The normalized spacial score (nSPS) is 17.1. The number of nitrogens with zero attached hydrogens (tertiary/aromatic N) is 2. The molecule has 1 aliphatic rings. The van der Waals surface area contributed by atoms with Crippen LogP contribution >= 0.6 is 11.3 Å². The summed E-state index contributed by atoms with van der Waals surface area (Å²) in [5.41, 5.74) is 1.71. The number of carbonyl (C=O) groups is 1. The first-order valence-corrected chi connectivity index (χ1v) is 8.09. The van der Waals surface area contributed by atoms with Gasteiger partial charge in [-0.25, -0.2) is 0 Å². The molecule has 2 N–H and O–H groups in total. The number of nitrogens with one attached hydrogen (secondary N) is 1. The molecular weight excluding hydrogens is 286 g/mol. The zero-order valence-corrected chi connectivity index (χ0v) is 12.6. The highest BCUT2D eigenvalue weighted by atomic mass is 32.1. The summed E-state index contributed by atoms with van der Waals surface area (Å²) in [7, 11) is 0. The van der Waals surface area contributed by atoms with Gasteiger partial charge >= 0.3 is 5.97 Å². The molecule has 6 heteroatoms. The van der Waals surface area contributed by atoms with Crippen LogP contribution in [0.5, 0.6) is 0 Å². The minimum Gasteiger partial charge on any atom is -0.481 e. The van der Waals surface area contributed by atoms with Crippen LogP contribution in [0.25, 0.3) is 0 Å². The number of thiophene rings is 1. The Kier molecular flexibility index (Phi) is 4.36. The van der Waals surface area contributed by atoms with Gasteiger partial charge in [-0.2, -0.15) is 5.10 Å². The van der Waals surface area contributed by atoms with Gasteiger partial charge in [0.25, 0.3) is 0 Å². The number of aliphatic carboxylic acids is 1. The molecule has 0 atom stereocenters. The number of likely N-dealkylation sites (tertiary alicyclic amines) is 1. The first-order chi connectivity index (χ1) is 10.2. The smallest absolute Gasteiger partial charge is 0.309 e. The van der Waals surface area contributed by atoms with E-state index in [0.717, 1.165) is 38.2 Å². The fourth-order valence-electron chi connectivity index (χ4n) is 2.85. The third kappa shape index (κ3) is 3.71. The average molecular weight is 305 g/mol. The van der Waals surface area contributed by atoms with Crippen molar-refractivity contribution in [2.45, 2.75) is 31.7 Å². The highest BCUT2D eigenvalue weighted by molar-refractivity contribution is 7.09. The van der Waals surface area contributed by atoms with Gasteiger partial charge in [0, 0.05) is 23.0 Å². The van der Waals surface area contributed by atoms with E-state index in [9.17, 15) is 4.79 Å². The zero-order valence-electron chi connectivity index (χ0n) is 11.8. The Labute approximate surface area is 127 Å². The minimum absolute atomic E-state index is 0.0181. The van der Waals surface area contributed by atoms with Crippen molar-refractivity contribution in [1.82, 2.24) is 15.1 Å². The van der Waals surface area contributed by atoms with E-state index in [-0.39, 0.29) is 6.42 Å². The van der Waals surface area contributed by atoms with E-state index in [1.54, 1.807) is 0 Å². The maximum absolute atomic E-state index is 10.7.